The van der Waals surface area contributed by atoms with Gasteiger partial charge in [-0.15, -0.1) is 0 Å². The van der Waals surface area contributed by atoms with Crippen LogP contribution in [-0.2, 0) is 11.2 Å². The predicted octanol–water partition coefficient (Wildman–Crippen LogP) is 3.75. The van der Waals surface area contributed by atoms with Gasteiger partial charge in [-0.2, -0.15) is 0 Å². The topological polar surface area (TPSA) is 67.2 Å². The van der Waals surface area contributed by atoms with Crippen molar-refractivity contribution in [1.29, 1.82) is 0 Å². The Balaban J connectivity index is 1.39. The second-order valence-electron chi connectivity index (χ2n) is 6.90. The van der Waals surface area contributed by atoms with Crippen LogP contribution in [0.25, 0.3) is 11.1 Å². The van der Waals surface area contributed by atoms with Gasteiger partial charge in [0.1, 0.15) is 5.52 Å². The Morgan fingerprint density at radius 1 is 1.23 bits per heavy atom. The summed E-state index contributed by atoms with van der Waals surface area (Å²) in [4.78, 5) is 16.7. The number of amides is 1. The van der Waals surface area contributed by atoms with Crippen LogP contribution in [-0.4, -0.2) is 24.0 Å². The molecule has 1 amide bonds. The number of oxazole rings is 1. The standard InChI is InChI=1S/C21H23N3O2/c25-20(9-6-16-10-11-22-14-16)23-17-7-8-18-19(13-17)26-21(24-18)12-15-4-2-1-3-5-15/h1-5,7-8,13,16,22H,6,9-12,14H2,(H,23,25). The molecule has 0 aliphatic carbocycles. The fourth-order valence-electron chi connectivity index (χ4n) is 3.42. The van der Waals surface area contributed by atoms with Crippen LogP contribution in [0.3, 0.4) is 0 Å². The van der Waals surface area contributed by atoms with Gasteiger partial charge in [0.2, 0.25) is 5.91 Å². The molecule has 5 heteroatoms. The average molecular weight is 349 g/mol. The molecule has 2 aromatic carbocycles. The number of nitrogens with zero attached hydrogens (tertiary/aromatic N) is 1. The maximum absolute atomic E-state index is 12.2. The van der Waals surface area contributed by atoms with E-state index in [0.29, 0.717) is 30.2 Å². The van der Waals surface area contributed by atoms with E-state index in [-0.39, 0.29) is 5.91 Å². The van der Waals surface area contributed by atoms with E-state index < -0.39 is 0 Å². The molecule has 0 radical (unpaired) electrons. The van der Waals surface area contributed by atoms with Crippen molar-refractivity contribution in [3.63, 3.8) is 0 Å². The molecule has 2 heterocycles. The lowest BCUT2D eigenvalue weighted by molar-refractivity contribution is -0.116. The normalized spacial score (nSPS) is 16.8. The van der Waals surface area contributed by atoms with Gasteiger partial charge in [-0.05, 0) is 49.5 Å². The summed E-state index contributed by atoms with van der Waals surface area (Å²) < 4.78 is 5.86. The van der Waals surface area contributed by atoms with E-state index in [1.54, 1.807) is 0 Å². The number of hydrogen-bond acceptors (Lipinski definition) is 4. The molecule has 26 heavy (non-hydrogen) atoms. The van der Waals surface area contributed by atoms with Crippen LogP contribution in [0.1, 0.15) is 30.7 Å². The molecule has 3 aromatic rings. The zero-order valence-electron chi connectivity index (χ0n) is 14.7. The molecule has 1 aromatic heterocycles. The minimum Gasteiger partial charge on any atom is -0.440 e. The predicted molar refractivity (Wildman–Crippen MR) is 102 cm³/mol. The fraction of sp³-hybridized carbons (Fsp3) is 0.333. The first-order valence-electron chi connectivity index (χ1n) is 9.20. The van der Waals surface area contributed by atoms with Crippen molar-refractivity contribution in [2.24, 2.45) is 5.92 Å². The Labute approximate surface area is 152 Å². The average Bonchev–Trinajstić information content (AvgIpc) is 3.29. The van der Waals surface area contributed by atoms with Crippen molar-refractivity contribution in [3.05, 3.63) is 60.0 Å². The number of carbonyl (C=O) groups is 1. The summed E-state index contributed by atoms with van der Waals surface area (Å²) in [6.07, 6.45) is 3.32. The summed E-state index contributed by atoms with van der Waals surface area (Å²) in [5, 5.41) is 6.30. The second kappa shape index (κ2) is 7.70. The van der Waals surface area contributed by atoms with E-state index in [2.05, 4.69) is 27.8 Å². The summed E-state index contributed by atoms with van der Waals surface area (Å²) in [7, 11) is 0. The van der Waals surface area contributed by atoms with Gasteiger partial charge in [0.15, 0.2) is 11.5 Å². The minimum atomic E-state index is 0.0558. The number of benzene rings is 2. The minimum absolute atomic E-state index is 0.0558. The quantitative estimate of drug-likeness (QED) is 0.711. The molecular weight excluding hydrogens is 326 g/mol. The Hall–Kier alpha value is -2.66. The van der Waals surface area contributed by atoms with E-state index in [1.165, 1.54) is 6.42 Å². The first kappa shape index (κ1) is 16.8. The third-order valence-electron chi connectivity index (χ3n) is 4.86. The highest BCUT2D eigenvalue weighted by molar-refractivity contribution is 5.92. The molecule has 1 fully saturated rings. The number of anilines is 1. The first-order valence-corrected chi connectivity index (χ1v) is 9.20. The van der Waals surface area contributed by atoms with Crippen LogP contribution in [0.2, 0.25) is 0 Å². The van der Waals surface area contributed by atoms with Gasteiger partial charge in [0.05, 0.1) is 0 Å². The molecule has 1 atom stereocenters. The number of rotatable bonds is 6. The molecule has 2 N–H and O–H groups in total. The maximum Gasteiger partial charge on any atom is 0.224 e. The lowest BCUT2D eigenvalue weighted by atomic mass is 10.0. The van der Waals surface area contributed by atoms with Crippen molar-refractivity contribution >= 4 is 22.7 Å². The molecule has 4 rings (SSSR count). The molecular formula is C21H23N3O2. The largest absolute Gasteiger partial charge is 0.440 e. The molecule has 0 saturated carbocycles. The lowest BCUT2D eigenvalue weighted by Gasteiger charge is -2.08. The van der Waals surface area contributed by atoms with E-state index >= 15 is 0 Å². The number of aromatic nitrogens is 1. The molecule has 1 saturated heterocycles. The number of fused-ring (bicyclic) bond motifs is 1. The highest BCUT2D eigenvalue weighted by atomic mass is 16.3. The lowest BCUT2D eigenvalue weighted by Crippen LogP contribution is -2.14. The molecule has 5 nitrogen and oxygen atoms in total. The van der Waals surface area contributed by atoms with Crippen LogP contribution in [0.4, 0.5) is 5.69 Å². The van der Waals surface area contributed by atoms with Gasteiger partial charge < -0.3 is 15.1 Å². The Bertz CT molecular complexity index is 883. The number of carbonyl (C=O) groups excluding carboxylic acids is 1. The van der Waals surface area contributed by atoms with E-state index in [4.69, 9.17) is 4.42 Å². The summed E-state index contributed by atoms with van der Waals surface area (Å²) in [5.41, 5.74) is 3.43. The van der Waals surface area contributed by atoms with Crippen molar-refractivity contribution < 1.29 is 9.21 Å². The zero-order valence-corrected chi connectivity index (χ0v) is 14.7. The third kappa shape index (κ3) is 4.11. The van der Waals surface area contributed by atoms with Gasteiger partial charge in [0.25, 0.3) is 0 Å². The van der Waals surface area contributed by atoms with Crippen molar-refractivity contribution in [2.75, 3.05) is 18.4 Å². The van der Waals surface area contributed by atoms with E-state index in [1.807, 2.05) is 36.4 Å². The Kier molecular flexibility index (Phi) is 4.97. The Morgan fingerprint density at radius 2 is 2.12 bits per heavy atom. The summed E-state index contributed by atoms with van der Waals surface area (Å²) in [6, 6.07) is 15.7. The first-order chi connectivity index (χ1) is 12.8. The third-order valence-corrected chi connectivity index (χ3v) is 4.86. The summed E-state index contributed by atoms with van der Waals surface area (Å²) >= 11 is 0. The summed E-state index contributed by atoms with van der Waals surface area (Å²) in [6.45, 7) is 2.10. The molecule has 0 spiro atoms. The highest BCUT2D eigenvalue weighted by Crippen LogP contribution is 2.22. The van der Waals surface area contributed by atoms with E-state index in [9.17, 15) is 4.79 Å². The second-order valence-corrected chi connectivity index (χ2v) is 6.90. The van der Waals surface area contributed by atoms with E-state index in [0.717, 1.165) is 36.3 Å². The van der Waals surface area contributed by atoms with Gasteiger partial charge >= 0.3 is 0 Å². The fourth-order valence-corrected chi connectivity index (χ4v) is 3.42. The van der Waals surface area contributed by atoms with Crippen LogP contribution in [0.5, 0.6) is 0 Å². The molecule has 1 aliphatic rings. The molecule has 0 bridgehead atoms. The van der Waals surface area contributed by atoms with Crippen molar-refractivity contribution in [2.45, 2.75) is 25.7 Å². The van der Waals surface area contributed by atoms with Crippen LogP contribution >= 0.6 is 0 Å². The van der Waals surface area contributed by atoms with Crippen LogP contribution in [0.15, 0.2) is 52.9 Å². The number of hydrogen-bond donors (Lipinski definition) is 2. The maximum atomic E-state index is 12.2. The smallest absolute Gasteiger partial charge is 0.224 e. The van der Waals surface area contributed by atoms with Gasteiger partial charge in [0, 0.05) is 24.6 Å². The van der Waals surface area contributed by atoms with Gasteiger partial charge in [-0.25, -0.2) is 4.98 Å². The van der Waals surface area contributed by atoms with Crippen molar-refractivity contribution in [3.8, 4) is 0 Å². The summed E-state index contributed by atoms with van der Waals surface area (Å²) in [5.74, 6) is 1.36. The number of nitrogens with one attached hydrogen (secondary N) is 2. The monoisotopic (exact) mass is 349 g/mol. The zero-order chi connectivity index (χ0) is 17.8. The van der Waals surface area contributed by atoms with Crippen molar-refractivity contribution in [1.82, 2.24) is 10.3 Å². The Morgan fingerprint density at radius 3 is 2.92 bits per heavy atom. The molecule has 1 unspecified atom stereocenters. The van der Waals surface area contributed by atoms with Crippen LogP contribution in [0, 0.1) is 5.92 Å². The SMILES string of the molecule is O=C(CCC1CCNC1)Nc1ccc2nc(Cc3ccccc3)oc2c1. The molecule has 134 valence electrons. The highest BCUT2D eigenvalue weighted by Gasteiger charge is 2.16. The van der Waals surface area contributed by atoms with Gasteiger partial charge in [-0.3, -0.25) is 4.79 Å². The molecule has 1 aliphatic heterocycles. The van der Waals surface area contributed by atoms with Gasteiger partial charge in [-0.1, -0.05) is 30.3 Å². The van der Waals surface area contributed by atoms with Crippen LogP contribution < -0.4 is 10.6 Å².